The average molecular weight is 198 g/mol. The summed E-state index contributed by atoms with van der Waals surface area (Å²) in [6, 6.07) is 0. The topological polar surface area (TPSA) is 69.1 Å². The van der Waals surface area contributed by atoms with Gasteiger partial charge in [0.05, 0.1) is 5.92 Å². The van der Waals surface area contributed by atoms with E-state index in [-0.39, 0.29) is 17.4 Å². The molecule has 0 heterocycles. The third-order valence-corrected chi connectivity index (χ3v) is 3.82. The minimum Gasteiger partial charge on any atom is -0.369 e. The molecule has 14 heavy (non-hydrogen) atoms. The van der Waals surface area contributed by atoms with Crippen molar-refractivity contribution in [1.29, 1.82) is 0 Å². The molecule has 0 aromatic carbocycles. The van der Waals surface area contributed by atoms with Gasteiger partial charge in [0.1, 0.15) is 0 Å². The lowest BCUT2D eigenvalue weighted by Crippen LogP contribution is -2.54. The Morgan fingerprint density at radius 3 is 2.00 bits per heavy atom. The molecule has 3 nitrogen and oxygen atoms in total. The Bertz CT molecular complexity index is 225. The van der Waals surface area contributed by atoms with Crippen LogP contribution >= 0.6 is 0 Å². The Morgan fingerprint density at radius 2 is 1.64 bits per heavy atom. The van der Waals surface area contributed by atoms with Crippen LogP contribution in [-0.2, 0) is 4.79 Å². The molecular weight excluding hydrogens is 176 g/mol. The fourth-order valence-corrected chi connectivity index (χ4v) is 2.11. The third-order valence-electron chi connectivity index (χ3n) is 3.82. The van der Waals surface area contributed by atoms with Crippen LogP contribution in [0.3, 0.4) is 0 Å². The highest BCUT2D eigenvalue weighted by molar-refractivity contribution is 5.77. The number of carbonyl (C=O) groups excluding carboxylic acids is 1. The maximum atomic E-state index is 11.1. The molecule has 0 saturated heterocycles. The summed E-state index contributed by atoms with van der Waals surface area (Å²) in [6.45, 7) is 6.35. The first-order chi connectivity index (χ1) is 6.27. The van der Waals surface area contributed by atoms with Crippen LogP contribution < -0.4 is 11.5 Å². The molecule has 0 aromatic rings. The van der Waals surface area contributed by atoms with Crippen LogP contribution in [0.4, 0.5) is 0 Å². The van der Waals surface area contributed by atoms with E-state index in [4.69, 9.17) is 11.5 Å². The van der Waals surface area contributed by atoms with Gasteiger partial charge in [-0.1, -0.05) is 20.8 Å². The van der Waals surface area contributed by atoms with Crippen LogP contribution in [0.15, 0.2) is 0 Å². The Labute approximate surface area is 86.2 Å². The number of hydrogen-bond donors (Lipinski definition) is 2. The lowest BCUT2D eigenvalue weighted by atomic mass is 9.65. The molecule has 0 bridgehead atoms. The highest BCUT2D eigenvalue weighted by Crippen LogP contribution is 2.41. The van der Waals surface area contributed by atoms with Crippen LogP contribution in [0, 0.1) is 11.3 Å². The highest BCUT2D eigenvalue weighted by Gasteiger charge is 2.41. The van der Waals surface area contributed by atoms with Crippen molar-refractivity contribution >= 4 is 5.91 Å². The summed E-state index contributed by atoms with van der Waals surface area (Å²) in [5, 5.41) is 0. The van der Waals surface area contributed by atoms with Crippen LogP contribution in [0.1, 0.15) is 46.5 Å². The second-order valence-electron chi connectivity index (χ2n) is 5.52. The van der Waals surface area contributed by atoms with Gasteiger partial charge in [0, 0.05) is 5.54 Å². The predicted octanol–water partition coefficient (Wildman–Crippen LogP) is 1.41. The van der Waals surface area contributed by atoms with Crippen molar-refractivity contribution in [2.45, 2.75) is 52.0 Å². The molecule has 1 fully saturated rings. The fraction of sp³-hybridized carbons (Fsp3) is 0.909. The van der Waals surface area contributed by atoms with E-state index in [1.165, 1.54) is 0 Å². The Balaban J connectivity index is 2.66. The minimum absolute atomic E-state index is 0.210. The van der Waals surface area contributed by atoms with Crippen molar-refractivity contribution in [1.82, 2.24) is 0 Å². The van der Waals surface area contributed by atoms with E-state index >= 15 is 0 Å². The highest BCUT2D eigenvalue weighted by atomic mass is 16.1. The molecule has 1 aliphatic carbocycles. The summed E-state index contributed by atoms with van der Waals surface area (Å²) in [5.74, 6) is -0.481. The number of amides is 1. The van der Waals surface area contributed by atoms with Gasteiger partial charge in [0.25, 0.3) is 0 Å². The van der Waals surface area contributed by atoms with Gasteiger partial charge in [0.15, 0.2) is 0 Å². The quantitative estimate of drug-likeness (QED) is 0.704. The first kappa shape index (κ1) is 11.5. The van der Waals surface area contributed by atoms with Crippen molar-refractivity contribution in [3.63, 3.8) is 0 Å². The number of nitrogens with two attached hydrogens (primary N) is 2. The summed E-state index contributed by atoms with van der Waals surface area (Å²) >= 11 is 0. The minimum atomic E-state index is -0.360. The average Bonchev–Trinajstić information content (AvgIpc) is 2.09. The first-order valence-corrected chi connectivity index (χ1v) is 5.35. The van der Waals surface area contributed by atoms with Crippen molar-refractivity contribution in [2.75, 3.05) is 0 Å². The molecular formula is C11H22N2O. The molecule has 4 N–H and O–H groups in total. The normalized spacial score (nSPS) is 26.9. The van der Waals surface area contributed by atoms with Gasteiger partial charge in [-0.05, 0) is 31.1 Å². The van der Waals surface area contributed by atoms with E-state index in [0.717, 1.165) is 25.7 Å². The second kappa shape index (κ2) is 3.54. The molecule has 0 radical (unpaired) electrons. The van der Waals surface area contributed by atoms with Crippen molar-refractivity contribution in [2.24, 2.45) is 22.8 Å². The van der Waals surface area contributed by atoms with Gasteiger partial charge in [-0.15, -0.1) is 0 Å². The first-order valence-electron chi connectivity index (χ1n) is 5.35. The van der Waals surface area contributed by atoms with Crippen molar-refractivity contribution in [3.8, 4) is 0 Å². The number of hydrogen-bond acceptors (Lipinski definition) is 2. The Hall–Kier alpha value is -0.570. The fourth-order valence-electron chi connectivity index (χ4n) is 2.11. The van der Waals surface area contributed by atoms with Gasteiger partial charge >= 0.3 is 0 Å². The molecule has 0 aliphatic heterocycles. The largest absolute Gasteiger partial charge is 0.369 e. The molecule has 1 saturated carbocycles. The van der Waals surface area contributed by atoms with E-state index in [2.05, 4.69) is 13.8 Å². The monoisotopic (exact) mass is 198 g/mol. The lowest BCUT2D eigenvalue weighted by molar-refractivity contribution is -0.124. The zero-order valence-electron chi connectivity index (χ0n) is 9.47. The molecule has 82 valence electrons. The SMILES string of the molecule is CC(C(N)=O)C1(N)CCC(C)(C)CC1. The summed E-state index contributed by atoms with van der Waals surface area (Å²) in [6.07, 6.45) is 3.98. The lowest BCUT2D eigenvalue weighted by Gasteiger charge is -2.43. The molecule has 1 aliphatic rings. The molecule has 3 heteroatoms. The summed E-state index contributed by atoms with van der Waals surface area (Å²) < 4.78 is 0. The maximum absolute atomic E-state index is 11.1. The van der Waals surface area contributed by atoms with Crippen molar-refractivity contribution in [3.05, 3.63) is 0 Å². The summed E-state index contributed by atoms with van der Waals surface area (Å²) in [4.78, 5) is 11.1. The Morgan fingerprint density at radius 1 is 1.21 bits per heavy atom. The van der Waals surface area contributed by atoms with Gasteiger partial charge in [-0.2, -0.15) is 0 Å². The van der Waals surface area contributed by atoms with Gasteiger partial charge in [-0.3, -0.25) is 4.79 Å². The van der Waals surface area contributed by atoms with Gasteiger partial charge < -0.3 is 11.5 Å². The molecule has 1 atom stereocenters. The van der Waals surface area contributed by atoms with Crippen LogP contribution in [0.5, 0.6) is 0 Å². The zero-order chi connectivity index (χ0) is 11.0. The van der Waals surface area contributed by atoms with Crippen LogP contribution in [0.25, 0.3) is 0 Å². The van der Waals surface area contributed by atoms with Gasteiger partial charge in [0.2, 0.25) is 5.91 Å². The van der Waals surface area contributed by atoms with Crippen LogP contribution in [-0.4, -0.2) is 11.4 Å². The molecule has 0 spiro atoms. The number of carbonyl (C=O) groups is 1. The molecule has 1 amide bonds. The zero-order valence-corrected chi connectivity index (χ0v) is 9.47. The van der Waals surface area contributed by atoms with Gasteiger partial charge in [-0.25, -0.2) is 0 Å². The van der Waals surface area contributed by atoms with E-state index in [0.29, 0.717) is 5.41 Å². The van der Waals surface area contributed by atoms with Crippen molar-refractivity contribution < 1.29 is 4.79 Å². The second-order valence-corrected chi connectivity index (χ2v) is 5.52. The third kappa shape index (κ3) is 2.27. The number of primary amides is 1. The standard InChI is InChI=1S/C11H22N2O/c1-8(9(12)14)11(13)6-4-10(2,3)5-7-11/h8H,4-7,13H2,1-3H3,(H2,12,14). The van der Waals surface area contributed by atoms with E-state index in [1.54, 1.807) is 0 Å². The summed E-state index contributed by atoms with van der Waals surface area (Å²) in [7, 11) is 0. The molecule has 1 unspecified atom stereocenters. The van der Waals surface area contributed by atoms with E-state index in [9.17, 15) is 4.79 Å². The van der Waals surface area contributed by atoms with E-state index < -0.39 is 0 Å². The maximum Gasteiger partial charge on any atom is 0.222 e. The van der Waals surface area contributed by atoms with E-state index in [1.807, 2.05) is 6.92 Å². The Kier molecular flexibility index (Phi) is 2.91. The van der Waals surface area contributed by atoms with Crippen LogP contribution in [0.2, 0.25) is 0 Å². The summed E-state index contributed by atoms with van der Waals surface area (Å²) in [5.41, 5.74) is 11.5. The predicted molar refractivity (Wildman–Crippen MR) is 57.5 cm³/mol. The smallest absolute Gasteiger partial charge is 0.222 e. The number of rotatable bonds is 2. The molecule has 1 rings (SSSR count). The molecule has 0 aromatic heterocycles.